The van der Waals surface area contributed by atoms with Crippen LogP contribution >= 0.6 is 0 Å². The lowest BCUT2D eigenvalue weighted by Crippen LogP contribution is -2.04. The van der Waals surface area contributed by atoms with Crippen molar-refractivity contribution in [2.75, 3.05) is 5.32 Å². The molecule has 2 aromatic carbocycles. The molecule has 0 aliphatic carbocycles. The summed E-state index contributed by atoms with van der Waals surface area (Å²) in [6.07, 6.45) is 4.87. The first-order valence-corrected chi connectivity index (χ1v) is 8.05. The first-order valence-electron chi connectivity index (χ1n) is 8.05. The molecule has 2 rings (SSSR count). The van der Waals surface area contributed by atoms with Crippen molar-refractivity contribution in [1.82, 2.24) is 0 Å². The van der Waals surface area contributed by atoms with E-state index in [1.165, 1.54) is 31.7 Å². The van der Waals surface area contributed by atoms with Crippen LogP contribution in [0.3, 0.4) is 0 Å². The van der Waals surface area contributed by atoms with Crippen LogP contribution in [0.15, 0.2) is 58.8 Å². The molecule has 0 atom stereocenters. The number of carbonyl (C=O) groups is 1. The molecule has 0 aliphatic rings. The summed E-state index contributed by atoms with van der Waals surface area (Å²) >= 11 is 0. The fraction of sp³-hybridized carbons (Fsp3) is 0.316. The maximum atomic E-state index is 11.0. The molecule has 0 radical (unpaired) electrons. The van der Waals surface area contributed by atoms with E-state index >= 15 is 0 Å². The number of nitrogens with one attached hydrogen (secondary N) is 1. The largest absolute Gasteiger partial charge is 0.326 e. The zero-order valence-corrected chi connectivity index (χ0v) is 13.7. The summed E-state index contributed by atoms with van der Waals surface area (Å²) < 4.78 is 0. The van der Waals surface area contributed by atoms with Gasteiger partial charge in [-0.3, -0.25) is 4.79 Å². The van der Waals surface area contributed by atoms with Crippen molar-refractivity contribution in [3.8, 4) is 0 Å². The number of anilines is 1. The second kappa shape index (κ2) is 8.83. The molecule has 1 amide bonds. The van der Waals surface area contributed by atoms with Crippen LogP contribution in [0.4, 0.5) is 17.1 Å². The number of azo groups is 1. The van der Waals surface area contributed by atoms with Gasteiger partial charge in [0.2, 0.25) is 5.91 Å². The van der Waals surface area contributed by atoms with Crippen LogP contribution in [0.25, 0.3) is 0 Å². The SMILES string of the molecule is CCCCCc1ccc(N=Nc2ccc(NC(C)=O)cc2)cc1. The lowest BCUT2D eigenvalue weighted by molar-refractivity contribution is -0.114. The molecular weight excluding hydrogens is 286 g/mol. The molecule has 120 valence electrons. The number of nitrogens with zero attached hydrogens (tertiary/aromatic N) is 2. The minimum Gasteiger partial charge on any atom is -0.326 e. The highest BCUT2D eigenvalue weighted by molar-refractivity contribution is 5.88. The maximum absolute atomic E-state index is 11.0. The standard InChI is InChI=1S/C19H23N3O/c1-3-4-5-6-16-7-9-18(10-8-16)21-22-19-13-11-17(12-14-19)20-15(2)23/h7-14H,3-6H2,1-2H3,(H,20,23). The minimum absolute atomic E-state index is 0.0848. The number of hydrogen-bond acceptors (Lipinski definition) is 3. The van der Waals surface area contributed by atoms with Crippen molar-refractivity contribution in [3.63, 3.8) is 0 Å². The van der Waals surface area contributed by atoms with Crippen molar-refractivity contribution < 1.29 is 4.79 Å². The summed E-state index contributed by atoms with van der Waals surface area (Å²) in [5, 5.41) is 11.2. The van der Waals surface area contributed by atoms with Crippen LogP contribution < -0.4 is 5.32 Å². The Hall–Kier alpha value is -2.49. The average Bonchev–Trinajstić information content (AvgIpc) is 2.55. The monoisotopic (exact) mass is 309 g/mol. The first-order chi connectivity index (χ1) is 11.2. The van der Waals surface area contributed by atoms with Crippen LogP contribution in [0, 0.1) is 0 Å². The summed E-state index contributed by atoms with van der Waals surface area (Å²) in [4.78, 5) is 11.0. The third kappa shape index (κ3) is 6.02. The highest BCUT2D eigenvalue weighted by atomic mass is 16.1. The zero-order valence-electron chi connectivity index (χ0n) is 13.7. The Morgan fingerprint density at radius 1 is 0.913 bits per heavy atom. The molecule has 0 fully saturated rings. The van der Waals surface area contributed by atoms with Gasteiger partial charge in [0.1, 0.15) is 0 Å². The van der Waals surface area contributed by atoms with Crippen LogP contribution in [0.2, 0.25) is 0 Å². The van der Waals surface area contributed by atoms with Crippen LogP contribution in [0.5, 0.6) is 0 Å². The second-order valence-electron chi connectivity index (χ2n) is 5.55. The quantitative estimate of drug-likeness (QED) is 0.510. The molecule has 2 aromatic rings. The third-order valence-electron chi connectivity index (χ3n) is 3.47. The molecule has 0 spiro atoms. The van der Waals surface area contributed by atoms with E-state index in [1.54, 1.807) is 0 Å². The van der Waals surface area contributed by atoms with Gasteiger partial charge in [-0.15, -0.1) is 0 Å². The fourth-order valence-electron chi connectivity index (χ4n) is 2.24. The lowest BCUT2D eigenvalue weighted by Gasteiger charge is -2.02. The van der Waals surface area contributed by atoms with Crippen molar-refractivity contribution in [2.24, 2.45) is 10.2 Å². The number of unbranched alkanes of at least 4 members (excludes halogenated alkanes) is 2. The summed E-state index contributed by atoms with van der Waals surface area (Å²) in [5.74, 6) is -0.0848. The molecule has 4 nitrogen and oxygen atoms in total. The summed E-state index contributed by atoms with van der Waals surface area (Å²) in [6.45, 7) is 3.70. The Morgan fingerprint density at radius 3 is 2.00 bits per heavy atom. The number of amides is 1. The number of hydrogen-bond donors (Lipinski definition) is 1. The number of aryl methyl sites for hydroxylation is 1. The summed E-state index contributed by atoms with van der Waals surface area (Å²) in [7, 11) is 0. The Morgan fingerprint density at radius 2 is 1.48 bits per heavy atom. The van der Waals surface area contributed by atoms with Gasteiger partial charge in [-0.25, -0.2) is 0 Å². The Labute approximate surface area is 137 Å². The molecule has 4 heteroatoms. The van der Waals surface area contributed by atoms with Gasteiger partial charge in [0, 0.05) is 12.6 Å². The van der Waals surface area contributed by atoms with Gasteiger partial charge in [-0.2, -0.15) is 10.2 Å². The Balaban J connectivity index is 1.93. The molecule has 0 heterocycles. The van der Waals surface area contributed by atoms with E-state index < -0.39 is 0 Å². The predicted octanol–water partition coefficient (Wildman–Crippen LogP) is 5.79. The molecule has 1 N–H and O–H groups in total. The lowest BCUT2D eigenvalue weighted by atomic mass is 10.1. The molecule has 0 saturated carbocycles. The van der Waals surface area contributed by atoms with E-state index in [9.17, 15) is 4.79 Å². The summed E-state index contributed by atoms with van der Waals surface area (Å²) in [6, 6.07) is 15.5. The van der Waals surface area contributed by atoms with Gasteiger partial charge in [0.15, 0.2) is 0 Å². The summed E-state index contributed by atoms with van der Waals surface area (Å²) in [5.41, 5.74) is 3.70. The Kier molecular flexibility index (Phi) is 6.48. The van der Waals surface area contributed by atoms with Crippen molar-refractivity contribution in [3.05, 3.63) is 54.1 Å². The van der Waals surface area contributed by atoms with E-state index in [2.05, 4.69) is 34.6 Å². The van der Waals surface area contributed by atoms with Gasteiger partial charge in [-0.1, -0.05) is 31.9 Å². The second-order valence-corrected chi connectivity index (χ2v) is 5.55. The predicted molar refractivity (Wildman–Crippen MR) is 94.6 cm³/mol. The van der Waals surface area contributed by atoms with E-state index in [0.29, 0.717) is 0 Å². The maximum Gasteiger partial charge on any atom is 0.221 e. The van der Waals surface area contributed by atoms with Gasteiger partial charge in [-0.05, 0) is 54.8 Å². The van der Waals surface area contributed by atoms with Crippen molar-refractivity contribution >= 4 is 23.0 Å². The fourth-order valence-corrected chi connectivity index (χ4v) is 2.24. The van der Waals surface area contributed by atoms with E-state index in [4.69, 9.17) is 0 Å². The van der Waals surface area contributed by atoms with Crippen LogP contribution in [-0.2, 0) is 11.2 Å². The smallest absolute Gasteiger partial charge is 0.221 e. The molecule has 0 aliphatic heterocycles. The first kappa shape index (κ1) is 16.9. The molecule has 0 bridgehead atoms. The molecule has 0 saturated heterocycles. The van der Waals surface area contributed by atoms with Gasteiger partial charge < -0.3 is 5.32 Å². The van der Waals surface area contributed by atoms with Crippen molar-refractivity contribution in [2.45, 2.75) is 39.5 Å². The average molecular weight is 309 g/mol. The van der Waals surface area contributed by atoms with Gasteiger partial charge in [0.05, 0.1) is 11.4 Å². The zero-order chi connectivity index (χ0) is 16.5. The van der Waals surface area contributed by atoms with E-state index in [1.807, 2.05) is 36.4 Å². The van der Waals surface area contributed by atoms with Gasteiger partial charge in [0.25, 0.3) is 0 Å². The highest BCUT2D eigenvalue weighted by Gasteiger charge is 1.97. The van der Waals surface area contributed by atoms with Crippen LogP contribution in [-0.4, -0.2) is 5.91 Å². The van der Waals surface area contributed by atoms with E-state index in [-0.39, 0.29) is 5.91 Å². The number of carbonyl (C=O) groups excluding carboxylic acids is 1. The third-order valence-corrected chi connectivity index (χ3v) is 3.47. The normalized spacial score (nSPS) is 10.9. The minimum atomic E-state index is -0.0848. The number of rotatable bonds is 7. The van der Waals surface area contributed by atoms with E-state index in [0.717, 1.165) is 23.5 Å². The molecule has 0 aromatic heterocycles. The number of benzene rings is 2. The molecule has 0 unspecified atom stereocenters. The molecule has 23 heavy (non-hydrogen) atoms. The molecular formula is C19H23N3O. The van der Waals surface area contributed by atoms with Crippen molar-refractivity contribution in [1.29, 1.82) is 0 Å². The van der Waals surface area contributed by atoms with Gasteiger partial charge >= 0.3 is 0 Å². The topological polar surface area (TPSA) is 53.8 Å². The van der Waals surface area contributed by atoms with Crippen LogP contribution in [0.1, 0.15) is 38.7 Å². The highest BCUT2D eigenvalue weighted by Crippen LogP contribution is 2.21. The Bertz CT molecular complexity index is 645.